The highest BCUT2D eigenvalue weighted by atomic mass is 35.5. The minimum Gasteiger partial charge on any atom is -0.457 e. The Hall–Kier alpha value is -3.41. The lowest BCUT2D eigenvalue weighted by Gasteiger charge is -2.08. The standard InChI is InChI=1S/C21H20Cl2N2O.C8H8O2/c1-2-19-21(23)20(25-14-24-19)5-3-4-15-6-10-17(11-7-15)26-18-12-8-16(22)9-13-18;1-7-2-4-8(5-3-7)10-6-9/h6-14H,2-5H2,1H3;2-6H,1H3. The number of rotatable bonds is 9. The van der Waals surface area contributed by atoms with Crippen LogP contribution in [0.1, 0.15) is 35.9 Å². The SMILES string of the molecule is CCc1ncnc(CCCc2ccc(Oc3ccc(Cl)cc3)cc2)c1Cl.Cc1ccc(OC=O)cc1. The van der Waals surface area contributed by atoms with Gasteiger partial charge < -0.3 is 9.47 Å². The van der Waals surface area contributed by atoms with Gasteiger partial charge in [0.25, 0.3) is 6.47 Å². The Balaban J connectivity index is 0.000000303. The van der Waals surface area contributed by atoms with Crippen LogP contribution in [0.2, 0.25) is 10.0 Å². The van der Waals surface area contributed by atoms with Crippen molar-refractivity contribution >= 4 is 29.7 Å². The number of hydrogen-bond donors (Lipinski definition) is 0. The first-order valence-electron chi connectivity index (χ1n) is 11.7. The molecule has 1 aromatic heterocycles. The lowest BCUT2D eigenvalue weighted by Crippen LogP contribution is -1.99. The molecule has 0 aliphatic heterocycles. The normalized spacial score (nSPS) is 10.2. The molecule has 4 rings (SSSR count). The van der Waals surface area contributed by atoms with Crippen molar-refractivity contribution in [3.8, 4) is 17.2 Å². The summed E-state index contributed by atoms with van der Waals surface area (Å²) in [6.45, 7) is 4.45. The zero-order chi connectivity index (χ0) is 25.8. The van der Waals surface area contributed by atoms with E-state index in [1.807, 2.05) is 62.4 Å². The number of aromatic nitrogens is 2. The Morgan fingerprint density at radius 2 is 1.36 bits per heavy atom. The molecule has 7 heteroatoms. The van der Waals surface area contributed by atoms with Gasteiger partial charge in [0, 0.05) is 5.02 Å². The molecule has 0 aliphatic rings. The molecule has 0 radical (unpaired) electrons. The van der Waals surface area contributed by atoms with Gasteiger partial charge in [-0.05, 0) is 86.7 Å². The molecule has 0 spiro atoms. The molecule has 5 nitrogen and oxygen atoms in total. The van der Waals surface area contributed by atoms with Crippen molar-refractivity contribution in [1.82, 2.24) is 9.97 Å². The van der Waals surface area contributed by atoms with E-state index in [9.17, 15) is 4.79 Å². The molecular weight excluding hydrogens is 495 g/mol. The van der Waals surface area contributed by atoms with Crippen LogP contribution < -0.4 is 9.47 Å². The maximum absolute atomic E-state index is 9.84. The van der Waals surface area contributed by atoms with Gasteiger partial charge in [-0.25, -0.2) is 9.97 Å². The highest BCUT2D eigenvalue weighted by molar-refractivity contribution is 6.31. The van der Waals surface area contributed by atoms with Gasteiger partial charge in [-0.3, -0.25) is 4.79 Å². The van der Waals surface area contributed by atoms with E-state index >= 15 is 0 Å². The van der Waals surface area contributed by atoms with E-state index in [-0.39, 0.29) is 0 Å². The molecule has 0 fully saturated rings. The van der Waals surface area contributed by atoms with Gasteiger partial charge in [-0.1, -0.05) is 60.0 Å². The van der Waals surface area contributed by atoms with Crippen LogP contribution in [-0.4, -0.2) is 16.4 Å². The van der Waals surface area contributed by atoms with Gasteiger partial charge in [-0.15, -0.1) is 0 Å². The van der Waals surface area contributed by atoms with E-state index in [0.717, 1.165) is 54.1 Å². The van der Waals surface area contributed by atoms with Crippen molar-refractivity contribution in [3.05, 3.63) is 112 Å². The first kappa shape index (κ1) is 27.2. The first-order valence-corrected chi connectivity index (χ1v) is 12.4. The number of benzene rings is 3. The summed E-state index contributed by atoms with van der Waals surface area (Å²) in [5, 5.41) is 1.41. The third-order valence-electron chi connectivity index (χ3n) is 5.33. The number of hydrogen-bond acceptors (Lipinski definition) is 5. The number of carbonyl (C=O) groups excluding carboxylic acids is 1. The highest BCUT2D eigenvalue weighted by Gasteiger charge is 2.07. The first-order chi connectivity index (χ1) is 17.5. The minimum absolute atomic E-state index is 0.421. The Bertz CT molecular complexity index is 1230. The Morgan fingerprint density at radius 3 is 1.97 bits per heavy atom. The fraction of sp³-hybridized carbons (Fsp3) is 0.207. The van der Waals surface area contributed by atoms with Gasteiger partial charge in [0.15, 0.2) is 0 Å². The van der Waals surface area contributed by atoms with Crippen LogP contribution in [-0.2, 0) is 24.1 Å². The molecule has 0 amide bonds. The van der Waals surface area contributed by atoms with Crippen LogP contribution in [0.25, 0.3) is 0 Å². The fourth-order valence-electron chi connectivity index (χ4n) is 3.36. The van der Waals surface area contributed by atoms with Crippen molar-refractivity contribution in [2.24, 2.45) is 0 Å². The molecule has 0 aliphatic carbocycles. The van der Waals surface area contributed by atoms with Crippen LogP contribution in [0.15, 0.2) is 79.1 Å². The van der Waals surface area contributed by atoms with Crippen LogP contribution >= 0.6 is 23.2 Å². The van der Waals surface area contributed by atoms with Crippen molar-refractivity contribution in [3.63, 3.8) is 0 Å². The van der Waals surface area contributed by atoms with Crippen molar-refractivity contribution in [2.45, 2.75) is 39.5 Å². The predicted molar refractivity (Wildman–Crippen MR) is 144 cm³/mol. The van der Waals surface area contributed by atoms with Crippen molar-refractivity contribution in [2.75, 3.05) is 0 Å². The van der Waals surface area contributed by atoms with Gasteiger partial charge in [-0.2, -0.15) is 0 Å². The summed E-state index contributed by atoms with van der Waals surface area (Å²) in [6, 6.07) is 22.8. The monoisotopic (exact) mass is 522 g/mol. The largest absolute Gasteiger partial charge is 0.457 e. The second-order valence-electron chi connectivity index (χ2n) is 8.02. The summed E-state index contributed by atoms with van der Waals surface area (Å²) in [4.78, 5) is 18.4. The lowest BCUT2D eigenvalue weighted by molar-refractivity contribution is -0.120. The van der Waals surface area contributed by atoms with E-state index in [0.29, 0.717) is 22.3 Å². The maximum Gasteiger partial charge on any atom is 0.298 e. The van der Waals surface area contributed by atoms with Gasteiger partial charge >= 0.3 is 0 Å². The summed E-state index contributed by atoms with van der Waals surface area (Å²) in [5.74, 6) is 2.16. The van der Waals surface area contributed by atoms with Crippen LogP contribution in [0, 0.1) is 6.92 Å². The summed E-state index contributed by atoms with van der Waals surface area (Å²) < 4.78 is 10.4. The van der Waals surface area contributed by atoms with Gasteiger partial charge in [0.1, 0.15) is 23.6 Å². The Labute approximate surface area is 222 Å². The number of halogens is 2. The molecule has 4 aromatic rings. The molecular formula is C29H28Cl2N2O3. The van der Waals surface area contributed by atoms with Crippen LogP contribution in [0.4, 0.5) is 0 Å². The molecule has 0 unspecified atom stereocenters. The maximum atomic E-state index is 9.84. The zero-order valence-corrected chi connectivity index (χ0v) is 21.8. The average molecular weight is 523 g/mol. The number of aryl methyl sites for hydroxylation is 4. The number of carbonyl (C=O) groups is 1. The van der Waals surface area contributed by atoms with Crippen LogP contribution in [0.5, 0.6) is 17.2 Å². The summed E-state index contributed by atoms with van der Waals surface area (Å²) in [6.07, 6.45) is 5.21. The average Bonchev–Trinajstić information content (AvgIpc) is 2.89. The van der Waals surface area contributed by atoms with Gasteiger partial charge in [0.05, 0.1) is 16.4 Å². The summed E-state index contributed by atoms with van der Waals surface area (Å²) >= 11 is 12.2. The molecule has 1 heterocycles. The third-order valence-corrected chi connectivity index (χ3v) is 6.01. The second kappa shape index (κ2) is 14.2. The Kier molecular flexibility index (Phi) is 10.7. The summed E-state index contributed by atoms with van der Waals surface area (Å²) in [5.41, 5.74) is 4.26. The molecule has 3 aromatic carbocycles. The molecule has 36 heavy (non-hydrogen) atoms. The molecule has 0 N–H and O–H groups in total. The lowest BCUT2D eigenvalue weighted by atomic mass is 10.1. The molecule has 0 atom stereocenters. The molecule has 186 valence electrons. The molecule has 0 bridgehead atoms. The van der Waals surface area contributed by atoms with E-state index < -0.39 is 0 Å². The number of nitrogens with zero attached hydrogens (tertiary/aromatic N) is 2. The van der Waals surface area contributed by atoms with E-state index in [1.54, 1.807) is 18.5 Å². The summed E-state index contributed by atoms with van der Waals surface area (Å²) in [7, 11) is 0. The van der Waals surface area contributed by atoms with E-state index in [1.165, 1.54) is 5.56 Å². The van der Waals surface area contributed by atoms with Crippen molar-refractivity contribution < 1.29 is 14.3 Å². The smallest absolute Gasteiger partial charge is 0.298 e. The molecule has 0 saturated heterocycles. The quantitative estimate of drug-likeness (QED) is 0.209. The zero-order valence-electron chi connectivity index (χ0n) is 20.3. The van der Waals surface area contributed by atoms with Gasteiger partial charge in [0.2, 0.25) is 0 Å². The third kappa shape index (κ3) is 8.67. The minimum atomic E-state index is 0.421. The van der Waals surface area contributed by atoms with E-state index in [4.69, 9.17) is 27.9 Å². The molecule has 0 saturated carbocycles. The second-order valence-corrected chi connectivity index (χ2v) is 8.83. The number of ether oxygens (including phenoxy) is 2. The van der Waals surface area contributed by atoms with Crippen LogP contribution in [0.3, 0.4) is 0 Å². The van der Waals surface area contributed by atoms with E-state index in [2.05, 4.69) is 26.8 Å². The fourth-order valence-corrected chi connectivity index (χ4v) is 3.82. The highest BCUT2D eigenvalue weighted by Crippen LogP contribution is 2.24. The predicted octanol–water partition coefficient (Wildman–Crippen LogP) is 7.84. The van der Waals surface area contributed by atoms with Crippen molar-refractivity contribution in [1.29, 1.82) is 0 Å². The Morgan fingerprint density at radius 1 is 0.778 bits per heavy atom. The topological polar surface area (TPSA) is 61.3 Å².